The molecule has 2 atom stereocenters. The molecule has 1 fully saturated rings. The standard InChI is InChI=1S/C31H31N7O7S2/c1-17-13-38(14-18(2)45-17)15-28-34-27(16-46-28)29(39)35-24-8-20(9-25-23(24)12-33-36-25)21-10-26(30(44-3)32-11-21)37-47(42,43)22-6-4-19(5-7-22)31(40)41/h4-12,16-18,37H,13-15H2,1-3H3,(H,33,36)(H,35,39)(H,40,41). The molecule has 16 heteroatoms. The summed E-state index contributed by atoms with van der Waals surface area (Å²) in [6.07, 6.45) is 3.37. The first-order chi connectivity index (χ1) is 22.5. The summed E-state index contributed by atoms with van der Waals surface area (Å²) >= 11 is 1.42. The second kappa shape index (κ2) is 13.1. The summed E-state index contributed by atoms with van der Waals surface area (Å²) in [4.78, 5) is 35.5. The number of fused-ring (bicyclic) bond motifs is 1. The van der Waals surface area contributed by atoms with Gasteiger partial charge < -0.3 is 19.9 Å². The normalized spacial score (nSPS) is 17.0. The van der Waals surface area contributed by atoms with Gasteiger partial charge in [0.1, 0.15) is 16.4 Å². The van der Waals surface area contributed by atoms with Crippen molar-refractivity contribution >= 4 is 55.5 Å². The zero-order chi connectivity index (χ0) is 33.3. The Morgan fingerprint density at radius 1 is 1.09 bits per heavy atom. The summed E-state index contributed by atoms with van der Waals surface area (Å²) in [5.41, 5.74) is 2.52. The smallest absolute Gasteiger partial charge is 0.335 e. The number of carbonyl (C=O) groups excluding carboxylic acids is 1. The van der Waals surface area contributed by atoms with Gasteiger partial charge in [-0.25, -0.2) is 23.2 Å². The van der Waals surface area contributed by atoms with Crippen LogP contribution in [0.15, 0.2) is 65.1 Å². The number of morpholine rings is 1. The van der Waals surface area contributed by atoms with Crippen LogP contribution in [0.25, 0.3) is 22.0 Å². The van der Waals surface area contributed by atoms with E-state index in [2.05, 4.69) is 35.1 Å². The number of carbonyl (C=O) groups is 2. The molecule has 0 spiro atoms. The first-order valence-electron chi connectivity index (χ1n) is 14.5. The lowest BCUT2D eigenvalue weighted by Crippen LogP contribution is -2.44. The number of anilines is 2. The van der Waals surface area contributed by atoms with Crippen molar-refractivity contribution in [3.63, 3.8) is 0 Å². The Morgan fingerprint density at radius 3 is 2.51 bits per heavy atom. The minimum absolute atomic E-state index is 0.0240. The Balaban J connectivity index is 1.25. The van der Waals surface area contributed by atoms with Crippen LogP contribution in [0.4, 0.5) is 11.4 Å². The summed E-state index contributed by atoms with van der Waals surface area (Å²) in [7, 11) is -2.77. The quantitative estimate of drug-likeness (QED) is 0.163. The number of carboxylic acids is 1. The number of nitrogens with one attached hydrogen (secondary N) is 3. The molecule has 5 aromatic rings. The third-order valence-corrected chi connectivity index (χ3v) is 9.69. The SMILES string of the molecule is COc1ncc(-c2cc(NC(=O)c3csc(CN4CC(C)OC(C)C4)n3)c3cn[nH]c3c2)cc1NS(=O)(=O)c1ccc(C(=O)O)cc1. The molecule has 0 bridgehead atoms. The first kappa shape index (κ1) is 32.1. The Kier molecular flexibility index (Phi) is 8.92. The molecule has 0 aliphatic carbocycles. The van der Waals surface area contributed by atoms with Gasteiger partial charge in [0.25, 0.3) is 15.9 Å². The van der Waals surface area contributed by atoms with E-state index in [1.165, 1.54) is 48.9 Å². The van der Waals surface area contributed by atoms with Crippen LogP contribution in [-0.2, 0) is 21.3 Å². The maximum Gasteiger partial charge on any atom is 0.335 e. The highest BCUT2D eigenvalue weighted by atomic mass is 32.2. The van der Waals surface area contributed by atoms with E-state index in [4.69, 9.17) is 14.6 Å². The zero-order valence-corrected chi connectivity index (χ0v) is 27.2. The maximum atomic E-state index is 13.4. The second-order valence-corrected chi connectivity index (χ2v) is 13.7. The Hall–Kier alpha value is -4.90. The van der Waals surface area contributed by atoms with Gasteiger partial charge in [0, 0.05) is 35.6 Å². The monoisotopic (exact) mass is 677 g/mol. The topological polar surface area (TPSA) is 189 Å². The number of amides is 1. The highest BCUT2D eigenvalue weighted by molar-refractivity contribution is 7.92. The molecule has 1 aliphatic heterocycles. The van der Waals surface area contributed by atoms with E-state index in [1.54, 1.807) is 29.8 Å². The molecule has 1 amide bonds. The number of aromatic amines is 1. The number of carboxylic acid groups (broad SMARTS) is 1. The van der Waals surface area contributed by atoms with E-state index in [0.29, 0.717) is 40.0 Å². The average Bonchev–Trinajstić information content (AvgIpc) is 3.70. The summed E-state index contributed by atoms with van der Waals surface area (Å²) < 4.78 is 40.0. The van der Waals surface area contributed by atoms with Gasteiger partial charge in [-0.3, -0.25) is 19.5 Å². The number of nitrogens with zero attached hydrogens (tertiary/aromatic N) is 4. The van der Waals surface area contributed by atoms with Crippen molar-refractivity contribution in [2.45, 2.75) is 37.5 Å². The first-order valence-corrected chi connectivity index (χ1v) is 16.9. The molecule has 1 aliphatic rings. The summed E-state index contributed by atoms with van der Waals surface area (Å²) in [6, 6.07) is 9.90. The van der Waals surface area contributed by atoms with Gasteiger partial charge in [-0.2, -0.15) is 5.10 Å². The van der Waals surface area contributed by atoms with Crippen molar-refractivity contribution in [1.29, 1.82) is 0 Å². The van der Waals surface area contributed by atoms with E-state index in [9.17, 15) is 18.0 Å². The fourth-order valence-electron chi connectivity index (χ4n) is 5.43. The molecule has 1 saturated heterocycles. The Bertz CT molecular complexity index is 2050. The van der Waals surface area contributed by atoms with Crippen LogP contribution in [-0.4, -0.2) is 82.9 Å². The Morgan fingerprint density at radius 2 is 1.81 bits per heavy atom. The lowest BCUT2D eigenvalue weighted by atomic mass is 10.0. The molecule has 6 rings (SSSR count). The van der Waals surface area contributed by atoms with E-state index in [1.807, 2.05) is 13.8 Å². The molecule has 2 aromatic carbocycles. The minimum Gasteiger partial charge on any atom is -0.480 e. The number of hydrogen-bond donors (Lipinski definition) is 4. The van der Waals surface area contributed by atoms with Crippen LogP contribution in [0.3, 0.4) is 0 Å². The third-order valence-electron chi connectivity index (χ3n) is 7.48. The predicted octanol–water partition coefficient (Wildman–Crippen LogP) is 4.45. The number of hydrogen-bond acceptors (Lipinski definition) is 11. The van der Waals surface area contributed by atoms with Gasteiger partial charge >= 0.3 is 5.97 Å². The Labute approximate surface area is 273 Å². The number of H-pyrrole nitrogens is 1. The minimum atomic E-state index is -4.13. The number of benzene rings is 2. The van der Waals surface area contributed by atoms with Crippen molar-refractivity contribution in [2.24, 2.45) is 0 Å². The van der Waals surface area contributed by atoms with Crippen molar-refractivity contribution < 1.29 is 32.6 Å². The molecule has 3 aromatic heterocycles. The van der Waals surface area contributed by atoms with Crippen LogP contribution in [0, 0.1) is 0 Å². The van der Waals surface area contributed by atoms with E-state index >= 15 is 0 Å². The number of methoxy groups -OCH3 is 1. The lowest BCUT2D eigenvalue weighted by molar-refractivity contribution is -0.0705. The number of pyridine rings is 1. The van der Waals surface area contributed by atoms with Gasteiger partial charge in [0.2, 0.25) is 5.88 Å². The molecule has 47 heavy (non-hydrogen) atoms. The number of sulfonamides is 1. The largest absolute Gasteiger partial charge is 0.480 e. The number of thiazole rings is 1. The highest BCUT2D eigenvalue weighted by Gasteiger charge is 2.24. The summed E-state index contributed by atoms with van der Waals surface area (Å²) in [5, 5.41) is 22.4. The van der Waals surface area contributed by atoms with Crippen LogP contribution in [0.2, 0.25) is 0 Å². The van der Waals surface area contributed by atoms with Crippen molar-refractivity contribution in [2.75, 3.05) is 30.2 Å². The summed E-state index contributed by atoms with van der Waals surface area (Å²) in [6.45, 7) is 6.29. The molecule has 4 N–H and O–H groups in total. The van der Waals surface area contributed by atoms with Crippen molar-refractivity contribution in [1.82, 2.24) is 25.1 Å². The van der Waals surface area contributed by atoms with E-state index < -0.39 is 16.0 Å². The molecule has 2 unspecified atom stereocenters. The molecular weight excluding hydrogens is 647 g/mol. The molecule has 0 saturated carbocycles. The predicted molar refractivity (Wildman–Crippen MR) is 175 cm³/mol. The van der Waals surface area contributed by atoms with Crippen LogP contribution in [0.1, 0.15) is 39.7 Å². The lowest BCUT2D eigenvalue weighted by Gasteiger charge is -2.34. The number of rotatable bonds is 10. The van der Waals surface area contributed by atoms with Gasteiger partial charge in [0.15, 0.2) is 0 Å². The molecule has 244 valence electrons. The highest BCUT2D eigenvalue weighted by Crippen LogP contribution is 2.34. The fourth-order valence-corrected chi connectivity index (χ4v) is 7.29. The number of aromatic nitrogens is 4. The van der Waals surface area contributed by atoms with Gasteiger partial charge in [0.05, 0.1) is 53.7 Å². The van der Waals surface area contributed by atoms with Crippen LogP contribution < -0.4 is 14.8 Å². The molecular formula is C31H31N7O7S2. The van der Waals surface area contributed by atoms with Gasteiger partial charge in [-0.1, -0.05) is 0 Å². The van der Waals surface area contributed by atoms with Crippen molar-refractivity contribution in [3.8, 4) is 17.0 Å². The molecule has 0 radical (unpaired) electrons. The second-order valence-electron chi connectivity index (χ2n) is 11.1. The maximum absolute atomic E-state index is 13.4. The van der Waals surface area contributed by atoms with Gasteiger partial charge in [-0.05, 0) is 61.9 Å². The average molecular weight is 678 g/mol. The third kappa shape index (κ3) is 7.10. The van der Waals surface area contributed by atoms with E-state index in [-0.39, 0.29) is 40.1 Å². The number of aromatic carboxylic acids is 1. The van der Waals surface area contributed by atoms with E-state index in [0.717, 1.165) is 18.1 Å². The summed E-state index contributed by atoms with van der Waals surface area (Å²) in [5.74, 6) is -1.53. The van der Waals surface area contributed by atoms with Gasteiger partial charge in [-0.15, -0.1) is 11.3 Å². The van der Waals surface area contributed by atoms with Crippen LogP contribution in [0.5, 0.6) is 5.88 Å². The fraction of sp³-hybridized carbons (Fsp3) is 0.258. The molecule has 4 heterocycles. The number of ether oxygens (including phenoxy) is 2. The molecule has 14 nitrogen and oxygen atoms in total. The van der Waals surface area contributed by atoms with Crippen molar-refractivity contribution in [3.05, 3.63) is 76.5 Å². The van der Waals surface area contributed by atoms with Crippen LogP contribution >= 0.6 is 11.3 Å². The zero-order valence-electron chi connectivity index (χ0n) is 25.6.